The van der Waals surface area contributed by atoms with Gasteiger partial charge in [-0.1, -0.05) is 47.5 Å². The molecular formula is C25H19BrCl2N2O4. The highest BCUT2D eigenvalue weighted by atomic mass is 79.9. The Morgan fingerprint density at radius 3 is 2.47 bits per heavy atom. The molecule has 174 valence electrons. The van der Waals surface area contributed by atoms with Gasteiger partial charge in [-0.25, -0.2) is 5.01 Å². The molecule has 0 atom stereocenters. The van der Waals surface area contributed by atoms with Crippen LogP contribution in [-0.4, -0.2) is 18.4 Å². The highest BCUT2D eigenvalue weighted by Crippen LogP contribution is 2.38. The van der Waals surface area contributed by atoms with Crippen LogP contribution in [0.5, 0.6) is 11.5 Å². The van der Waals surface area contributed by atoms with E-state index in [1.807, 2.05) is 19.1 Å². The summed E-state index contributed by atoms with van der Waals surface area (Å²) in [7, 11) is 0. The zero-order valence-electron chi connectivity index (χ0n) is 18.0. The second kappa shape index (κ2) is 10.5. The van der Waals surface area contributed by atoms with Gasteiger partial charge in [0, 0.05) is 0 Å². The summed E-state index contributed by atoms with van der Waals surface area (Å²) in [5.41, 5.74) is 4.62. The molecule has 9 heteroatoms. The second-order valence-electron chi connectivity index (χ2n) is 7.28. The molecule has 6 nitrogen and oxygen atoms in total. The van der Waals surface area contributed by atoms with Gasteiger partial charge in [0.25, 0.3) is 11.8 Å². The van der Waals surface area contributed by atoms with E-state index in [0.717, 1.165) is 5.56 Å². The van der Waals surface area contributed by atoms with Crippen LogP contribution >= 0.6 is 39.1 Å². The van der Waals surface area contributed by atoms with Gasteiger partial charge in [0.2, 0.25) is 0 Å². The summed E-state index contributed by atoms with van der Waals surface area (Å²) in [5.74, 6) is 0.0332. The number of nitrogens with zero attached hydrogens (tertiary/aromatic N) is 1. The lowest BCUT2D eigenvalue weighted by Crippen LogP contribution is -2.35. The molecule has 3 aromatic rings. The third kappa shape index (κ3) is 5.22. The highest BCUT2D eigenvalue weighted by Gasteiger charge is 2.34. The number of nitrogens with one attached hydrogen (secondary N) is 1. The zero-order valence-corrected chi connectivity index (χ0v) is 21.1. The molecule has 0 spiro atoms. The average molecular weight is 562 g/mol. The van der Waals surface area contributed by atoms with E-state index in [1.165, 1.54) is 11.1 Å². The molecule has 0 aromatic heterocycles. The van der Waals surface area contributed by atoms with Crippen LogP contribution in [-0.2, 0) is 16.2 Å². The number of benzene rings is 3. The number of amides is 2. The van der Waals surface area contributed by atoms with E-state index in [2.05, 4.69) is 21.4 Å². The number of hydrazine groups is 1. The topological polar surface area (TPSA) is 67.9 Å². The van der Waals surface area contributed by atoms with Crippen LogP contribution < -0.4 is 19.9 Å². The van der Waals surface area contributed by atoms with Gasteiger partial charge in [-0.3, -0.25) is 15.0 Å². The third-order valence-electron chi connectivity index (χ3n) is 4.92. The fourth-order valence-corrected chi connectivity index (χ4v) is 4.24. The number of hydrogen-bond donors (Lipinski definition) is 1. The van der Waals surface area contributed by atoms with Crippen LogP contribution in [0.1, 0.15) is 18.1 Å². The van der Waals surface area contributed by atoms with Crippen LogP contribution in [0.15, 0.2) is 70.7 Å². The number of carbonyl (C=O) groups excluding carboxylic acids is 2. The zero-order chi connectivity index (χ0) is 24.2. The van der Waals surface area contributed by atoms with Gasteiger partial charge in [0.15, 0.2) is 11.5 Å². The largest absolute Gasteiger partial charge is 0.490 e. The van der Waals surface area contributed by atoms with Crippen molar-refractivity contribution in [2.45, 2.75) is 13.5 Å². The normalized spacial score (nSPS) is 14.5. The molecule has 0 aliphatic carbocycles. The summed E-state index contributed by atoms with van der Waals surface area (Å²) >= 11 is 15.6. The number of rotatable bonds is 7. The van der Waals surface area contributed by atoms with Gasteiger partial charge in [0.1, 0.15) is 12.2 Å². The number of carbonyl (C=O) groups is 2. The number of hydrogen-bond acceptors (Lipinski definition) is 4. The molecule has 1 saturated heterocycles. The standard InChI is InChI=1S/C25H19BrCl2N2O4/c1-2-33-22-13-16(10-18-24(31)29-30(25(18)32)17-6-4-3-5-7-17)11-19(26)23(22)34-14-15-8-9-20(27)21(28)12-15/h3-13H,2,14H2,1H3,(H,29,31)/b18-10+. The van der Waals surface area contributed by atoms with Crippen LogP contribution in [0.3, 0.4) is 0 Å². The van der Waals surface area contributed by atoms with Crippen molar-refractivity contribution in [2.75, 3.05) is 11.6 Å². The molecule has 0 radical (unpaired) electrons. The Kier molecular flexibility index (Phi) is 7.46. The Balaban J connectivity index is 1.60. The van der Waals surface area contributed by atoms with Gasteiger partial charge in [-0.15, -0.1) is 0 Å². The lowest BCUT2D eigenvalue weighted by Gasteiger charge is -2.15. The molecule has 0 bridgehead atoms. The van der Waals surface area contributed by atoms with E-state index in [-0.39, 0.29) is 12.2 Å². The van der Waals surface area contributed by atoms with E-state index in [4.69, 9.17) is 32.7 Å². The summed E-state index contributed by atoms with van der Waals surface area (Å²) in [4.78, 5) is 25.4. The van der Waals surface area contributed by atoms with Gasteiger partial charge < -0.3 is 9.47 Å². The summed E-state index contributed by atoms with van der Waals surface area (Å²) in [6.45, 7) is 2.49. The van der Waals surface area contributed by atoms with Crippen molar-refractivity contribution in [3.63, 3.8) is 0 Å². The molecule has 1 aliphatic rings. The maximum Gasteiger partial charge on any atom is 0.282 e. The first-order valence-corrected chi connectivity index (χ1v) is 11.9. The molecule has 4 rings (SSSR count). The lowest BCUT2D eigenvalue weighted by molar-refractivity contribution is -0.117. The average Bonchev–Trinajstić information content (AvgIpc) is 3.10. The number of ether oxygens (including phenoxy) is 2. The van der Waals surface area contributed by atoms with Crippen LogP contribution in [0, 0.1) is 0 Å². The monoisotopic (exact) mass is 560 g/mol. The van der Waals surface area contributed by atoms with Gasteiger partial charge in [-0.2, -0.15) is 0 Å². The SMILES string of the molecule is CCOc1cc(/C=C2\C(=O)NN(c3ccccc3)C2=O)cc(Br)c1OCc1ccc(Cl)c(Cl)c1. The Bertz CT molecular complexity index is 1280. The minimum atomic E-state index is -0.483. The lowest BCUT2D eigenvalue weighted by atomic mass is 10.1. The number of para-hydroxylation sites is 1. The minimum Gasteiger partial charge on any atom is -0.490 e. The summed E-state index contributed by atoms with van der Waals surface area (Å²) < 4.78 is 12.4. The predicted octanol–water partition coefficient (Wildman–Crippen LogP) is 6.20. The molecule has 0 saturated carbocycles. The molecule has 1 heterocycles. The second-order valence-corrected chi connectivity index (χ2v) is 8.94. The van der Waals surface area contributed by atoms with Crippen LogP contribution in [0.25, 0.3) is 6.08 Å². The molecule has 1 fully saturated rings. The molecule has 2 amide bonds. The highest BCUT2D eigenvalue weighted by molar-refractivity contribution is 9.10. The molecular weight excluding hydrogens is 543 g/mol. The van der Waals surface area contributed by atoms with Crippen LogP contribution in [0.2, 0.25) is 10.0 Å². The van der Waals surface area contributed by atoms with Gasteiger partial charge in [0.05, 0.1) is 26.8 Å². The van der Waals surface area contributed by atoms with Gasteiger partial charge in [-0.05, 0) is 76.5 Å². The first kappa shape index (κ1) is 24.1. The number of halogens is 3. The number of anilines is 1. The van der Waals surface area contributed by atoms with Crippen molar-refractivity contribution in [2.24, 2.45) is 0 Å². The molecule has 1 aliphatic heterocycles. The van der Waals surface area contributed by atoms with Crippen molar-refractivity contribution < 1.29 is 19.1 Å². The van der Waals surface area contributed by atoms with Gasteiger partial charge >= 0.3 is 0 Å². The first-order chi connectivity index (χ1) is 16.4. The minimum absolute atomic E-state index is 0.0164. The van der Waals surface area contributed by atoms with Crippen molar-refractivity contribution in [3.8, 4) is 11.5 Å². The maximum absolute atomic E-state index is 12.9. The Morgan fingerprint density at radius 2 is 1.76 bits per heavy atom. The van der Waals surface area contributed by atoms with E-state index >= 15 is 0 Å². The first-order valence-electron chi connectivity index (χ1n) is 10.3. The Hall–Kier alpha value is -3.00. The summed E-state index contributed by atoms with van der Waals surface area (Å²) in [5, 5.41) is 2.13. The third-order valence-corrected chi connectivity index (χ3v) is 6.24. The predicted molar refractivity (Wildman–Crippen MR) is 136 cm³/mol. The molecule has 3 aromatic carbocycles. The van der Waals surface area contributed by atoms with E-state index < -0.39 is 11.8 Å². The molecule has 1 N–H and O–H groups in total. The molecule has 34 heavy (non-hydrogen) atoms. The Morgan fingerprint density at radius 1 is 1.00 bits per heavy atom. The maximum atomic E-state index is 12.9. The van der Waals surface area contributed by atoms with Crippen molar-refractivity contribution in [1.29, 1.82) is 0 Å². The smallest absolute Gasteiger partial charge is 0.282 e. The van der Waals surface area contributed by atoms with E-state index in [0.29, 0.717) is 43.9 Å². The van der Waals surface area contributed by atoms with E-state index in [1.54, 1.807) is 48.5 Å². The van der Waals surface area contributed by atoms with Crippen molar-refractivity contribution in [1.82, 2.24) is 5.43 Å². The van der Waals surface area contributed by atoms with Crippen molar-refractivity contribution in [3.05, 3.63) is 91.9 Å². The van der Waals surface area contributed by atoms with Crippen LogP contribution in [0.4, 0.5) is 5.69 Å². The molecule has 0 unspecified atom stereocenters. The van der Waals surface area contributed by atoms with Crippen molar-refractivity contribution >= 4 is 62.7 Å². The quantitative estimate of drug-likeness (QED) is 0.276. The summed E-state index contributed by atoms with van der Waals surface area (Å²) in [6, 6.07) is 17.6. The van der Waals surface area contributed by atoms with E-state index in [9.17, 15) is 9.59 Å². The fourth-order valence-electron chi connectivity index (χ4n) is 3.34. The Labute approximate surface area is 215 Å². The summed E-state index contributed by atoms with van der Waals surface area (Å²) in [6.07, 6.45) is 1.52. The fraction of sp³-hybridized carbons (Fsp3) is 0.120.